The quantitative estimate of drug-likeness (QED) is 0.451. The van der Waals surface area contributed by atoms with Crippen LogP contribution < -0.4 is 10.2 Å². The smallest absolute Gasteiger partial charge is 0.234 e. The van der Waals surface area contributed by atoms with Gasteiger partial charge in [0.1, 0.15) is 0 Å². The molecular formula is C24H28ClN5OS. The van der Waals surface area contributed by atoms with Gasteiger partial charge in [-0.25, -0.2) is 0 Å². The summed E-state index contributed by atoms with van der Waals surface area (Å²) in [5, 5.41) is 13.3. The lowest BCUT2D eigenvalue weighted by Gasteiger charge is -2.19. The van der Waals surface area contributed by atoms with Crippen LogP contribution in [0, 0.1) is 6.92 Å². The van der Waals surface area contributed by atoms with Crippen molar-refractivity contribution in [3.8, 4) is 5.69 Å². The van der Waals surface area contributed by atoms with E-state index in [0.29, 0.717) is 16.1 Å². The number of para-hydroxylation sites is 2. The third-order valence-corrected chi connectivity index (χ3v) is 6.87. The predicted octanol–water partition coefficient (Wildman–Crippen LogP) is 5.68. The van der Waals surface area contributed by atoms with E-state index in [-0.39, 0.29) is 11.7 Å². The topological polar surface area (TPSA) is 63.1 Å². The fourth-order valence-corrected chi connectivity index (χ4v) is 4.93. The summed E-state index contributed by atoms with van der Waals surface area (Å²) in [6.07, 6.45) is 2.27. The summed E-state index contributed by atoms with van der Waals surface area (Å²) in [5.41, 5.74) is 3.92. The minimum atomic E-state index is -0.0670. The first-order valence-corrected chi connectivity index (χ1v) is 12.3. The number of nitrogens with one attached hydrogen (secondary N) is 1. The second-order valence-corrected chi connectivity index (χ2v) is 9.64. The van der Waals surface area contributed by atoms with E-state index in [2.05, 4.69) is 40.3 Å². The molecule has 1 N–H and O–H groups in total. The Balaban J connectivity index is 1.57. The van der Waals surface area contributed by atoms with Gasteiger partial charge in [-0.05, 0) is 48.9 Å². The monoisotopic (exact) mass is 469 g/mol. The molecule has 3 aromatic rings. The molecule has 1 amide bonds. The van der Waals surface area contributed by atoms with Crippen LogP contribution in [0.2, 0.25) is 5.02 Å². The number of carbonyl (C=O) groups excluding carboxylic acids is 1. The molecule has 0 radical (unpaired) electrons. The van der Waals surface area contributed by atoms with Crippen LogP contribution in [0.25, 0.3) is 5.69 Å². The molecule has 0 bridgehead atoms. The fraction of sp³-hybridized carbons (Fsp3) is 0.375. The average molecular weight is 470 g/mol. The van der Waals surface area contributed by atoms with Crippen molar-refractivity contribution in [2.75, 3.05) is 29.1 Å². The van der Waals surface area contributed by atoms with E-state index in [1.807, 2.05) is 47.9 Å². The third kappa shape index (κ3) is 4.79. The molecule has 2 heterocycles. The summed E-state index contributed by atoms with van der Waals surface area (Å²) >= 11 is 7.89. The van der Waals surface area contributed by atoms with Crippen LogP contribution in [0.4, 0.5) is 11.6 Å². The first kappa shape index (κ1) is 22.7. The Bertz CT molecular complexity index is 1110. The van der Waals surface area contributed by atoms with Gasteiger partial charge in [-0.3, -0.25) is 9.36 Å². The maximum Gasteiger partial charge on any atom is 0.234 e. The zero-order valence-corrected chi connectivity index (χ0v) is 20.2. The molecule has 8 heteroatoms. The molecule has 0 spiro atoms. The Labute approximate surface area is 198 Å². The number of hydrogen-bond acceptors (Lipinski definition) is 5. The van der Waals surface area contributed by atoms with Gasteiger partial charge >= 0.3 is 0 Å². The lowest BCUT2D eigenvalue weighted by molar-refractivity contribution is -0.113. The Kier molecular flexibility index (Phi) is 7.06. The molecule has 0 saturated carbocycles. The molecule has 2 aromatic carbocycles. The number of hydrogen-bond donors (Lipinski definition) is 1. The molecule has 168 valence electrons. The van der Waals surface area contributed by atoms with E-state index in [1.165, 1.54) is 11.8 Å². The summed E-state index contributed by atoms with van der Waals surface area (Å²) in [4.78, 5) is 15.1. The van der Waals surface area contributed by atoms with Crippen molar-refractivity contribution in [3.05, 3.63) is 58.6 Å². The minimum absolute atomic E-state index is 0.0670. The maximum absolute atomic E-state index is 12.9. The van der Waals surface area contributed by atoms with Gasteiger partial charge in [0.25, 0.3) is 0 Å². The maximum atomic E-state index is 12.9. The summed E-state index contributed by atoms with van der Waals surface area (Å²) < 4.78 is 1.97. The Morgan fingerprint density at radius 2 is 1.88 bits per heavy atom. The van der Waals surface area contributed by atoms with Crippen LogP contribution in [0.3, 0.4) is 0 Å². The Hall–Kier alpha value is -2.51. The molecule has 1 saturated heterocycles. The lowest BCUT2D eigenvalue weighted by Crippen LogP contribution is -2.22. The molecule has 1 aliphatic heterocycles. The highest BCUT2D eigenvalue weighted by molar-refractivity contribution is 7.99. The number of amides is 1. The normalized spacial score (nSPS) is 13.7. The summed E-state index contributed by atoms with van der Waals surface area (Å²) in [5.74, 6) is 1.26. The number of carbonyl (C=O) groups is 1. The van der Waals surface area contributed by atoms with Gasteiger partial charge in [-0.1, -0.05) is 67.5 Å². The highest BCUT2D eigenvalue weighted by Crippen LogP contribution is 2.32. The first-order valence-electron chi connectivity index (χ1n) is 10.9. The molecular weight excluding hydrogens is 442 g/mol. The zero-order valence-electron chi connectivity index (χ0n) is 18.6. The number of aryl methyl sites for hydroxylation is 1. The summed E-state index contributed by atoms with van der Waals surface area (Å²) in [6.45, 7) is 8.17. The van der Waals surface area contributed by atoms with Crippen molar-refractivity contribution < 1.29 is 4.79 Å². The van der Waals surface area contributed by atoms with Crippen molar-refractivity contribution in [2.45, 2.75) is 44.7 Å². The second kappa shape index (κ2) is 9.96. The van der Waals surface area contributed by atoms with Crippen molar-refractivity contribution >= 4 is 40.9 Å². The van der Waals surface area contributed by atoms with Crippen LogP contribution in [0.5, 0.6) is 0 Å². The molecule has 32 heavy (non-hydrogen) atoms. The molecule has 0 unspecified atom stereocenters. The molecule has 4 rings (SSSR count). The average Bonchev–Trinajstić information content (AvgIpc) is 3.43. The van der Waals surface area contributed by atoms with Crippen LogP contribution in [-0.4, -0.2) is 39.5 Å². The number of halogens is 1. The van der Waals surface area contributed by atoms with Crippen LogP contribution in [0.15, 0.2) is 47.6 Å². The van der Waals surface area contributed by atoms with Crippen LogP contribution >= 0.6 is 23.4 Å². The zero-order chi connectivity index (χ0) is 22.7. The van der Waals surface area contributed by atoms with Crippen molar-refractivity contribution in [2.24, 2.45) is 0 Å². The van der Waals surface area contributed by atoms with E-state index in [9.17, 15) is 4.79 Å². The SMILES string of the molecule is Cc1cccc(C(C)C)c1NC(=O)CSc1nnc(N2CCCC2)n1-c1ccccc1Cl. The number of thioether (sulfide) groups is 1. The van der Waals surface area contributed by atoms with Crippen molar-refractivity contribution in [1.82, 2.24) is 14.8 Å². The highest BCUT2D eigenvalue weighted by Gasteiger charge is 2.24. The van der Waals surface area contributed by atoms with E-state index >= 15 is 0 Å². The molecule has 6 nitrogen and oxygen atoms in total. The third-order valence-electron chi connectivity index (χ3n) is 5.62. The van der Waals surface area contributed by atoms with Gasteiger partial charge in [-0.2, -0.15) is 0 Å². The fourth-order valence-electron chi connectivity index (χ4n) is 3.97. The van der Waals surface area contributed by atoms with Gasteiger partial charge in [0, 0.05) is 18.8 Å². The first-order chi connectivity index (χ1) is 15.5. The molecule has 0 aliphatic carbocycles. The highest BCUT2D eigenvalue weighted by atomic mass is 35.5. The summed E-state index contributed by atoms with van der Waals surface area (Å²) in [7, 11) is 0. The molecule has 0 atom stereocenters. The van der Waals surface area contributed by atoms with E-state index in [0.717, 1.165) is 54.4 Å². The van der Waals surface area contributed by atoms with Gasteiger partial charge in [0.15, 0.2) is 5.16 Å². The van der Waals surface area contributed by atoms with Gasteiger partial charge < -0.3 is 10.2 Å². The predicted molar refractivity (Wildman–Crippen MR) is 132 cm³/mol. The van der Waals surface area contributed by atoms with Gasteiger partial charge in [0.05, 0.1) is 16.5 Å². The standard InChI is InChI=1S/C24H28ClN5OS/c1-16(2)18-10-8-9-17(3)22(18)26-21(31)15-32-24-28-27-23(29-13-6-7-14-29)30(24)20-12-5-4-11-19(20)25/h4-5,8-12,16H,6-7,13-15H2,1-3H3,(H,26,31). The minimum Gasteiger partial charge on any atom is -0.341 e. The molecule has 1 fully saturated rings. The van der Waals surface area contributed by atoms with Crippen molar-refractivity contribution in [3.63, 3.8) is 0 Å². The van der Waals surface area contributed by atoms with E-state index in [4.69, 9.17) is 11.6 Å². The summed E-state index contributed by atoms with van der Waals surface area (Å²) in [6, 6.07) is 13.8. The number of anilines is 2. The number of nitrogens with zero attached hydrogens (tertiary/aromatic N) is 4. The van der Waals surface area contributed by atoms with E-state index in [1.54, 1.807) is 0 Å². The largest absolute Gasteiger partial charge is 0.341 e. The van der Waals surface area contributed by atoms with Crippen LogP contribution in [-0.2, 0) is 4.79 Å². The number of rotatable bonds is 7. The van der Waals surface area contributed by atoms with Gasteiger partial charge in [-0.15, -0.1) is 10.2 Å². The Morgan fingerprint density at radius 3 is 2.59 bits per heavy atom. The lowest BCUT2D eigenvalue weighted by atomic mass is 9.98. The second-order valence-electron chi connectivity index (χ2n) is 8.29. The van der Waals surface area contributed by atoms with Crippen molar-refractivity contribution in [1.29, 1.82) is 0 Å². The van der Waals surface area contributed by atoms with E-state index < -0.39 is 0 Å². The van der Waals surface area contributed by atoms with Gasteiger partial charge in [0.2, 0.25) is 11.9 Å². The molecule has 1 aliphatic rings. The molecule has 1 aromatic heterocycles. The number of benzene rings is 2. The van der Waals surface area contributed by atoms with Crippen LogP contribution in [0.1, 0.15) is 43.7 Å². The number of aromatic nitrogens is 3. The Morgan fingerprint density at radius 1 is 1.12 bits per heavy atom.